The van der Waals surface area contributed by atoms with Gasteiger partial charge in [0.15, 0.2) is 0 Å². The molecule has 0 fully saturated rings. The molecule has 1 amide bonds. The minimum absolute atomic E-state index is 0.0164. The number of carbonyl (C=O) groups excluding carboxylic acids is 2. The number of thioether (sulfide) groups is 1. The molecule has 1 aromatic heterocycles. The second-order valence-corrected chi connectivity index (χ2v) is 8.31. The molecule has 2 aromatic carbocycles. The van der Waals surface area contributed by atoms with E-state index in [2.05, 4.69) is 15.3 Å². The lowest BCUT2D eigenvalue weighted by Crippen LogP contribution is -2.31. The number of hydrogen-bond donors (Lipinski definition) is 2. The van der Waals surface area contributed by atoms with Crippen molar-refractivity contribution >= 4 is 46.3 Å². The number of benzene rings is 2. The summed E-state index contributed by atoms with van der Waals surface area (Å²) < 4.78 is 4.76. The van der Waals surface area contributed by atoms with E-state index >= 15 is 0 Å². The van der Waals surface area contributed by atoms with Gasteiger partial charge >= 0.3 is 5.97 Å². The van der Waals surface area contributed by atoms with Crippen molar-refractivity contribution < 1.29 is 14.3 Å². The molecule has 2 N–H and O–H groups in total. The van der Waals surface area contributed by atoms with Gasteiger partial charge in [-0.25, -0.2) is 4.98 Å². The third-order valence-electron chi connectivity index (χ3n) is 4.46. The van der Waals surface area contributed by atoms with Crippen molar-refractivity contribution in [2.75, 3.05) is 12.9 Å². The zero-order valence-electron chi connectivity index (χ0n) is 16.1. The molecule has 0 spiro atoms. The van der Waals surface area contributed by atoms with Gasteiger partial charge in [-0.3, -0.25) is 9.59 Å². The normalized spacial score (nSPS) is 13.1. The molecule has 6 nitrogen and oxygen atoms in total. The highest BCUT2D eigenvalue weighted by atomic mass is 35.5. The van der Waals surface area contributed by atoms with Gasteiger partial charge in [-0.2, -0.15) is 0 Å². The number of halogens is 1. The zero-order chi connectivity index (χ0) is 20.8. The number of fused-ring (bicyclic) bond motifs is 1. The minimum atomic E-state index is -0.477. The van der Waals surface area contributed by atoms with Crippen molar-refractivity contribution in [3.05, 3.63) is 64.9 Å². The Balaban J connectivity index is 1.61. The highest BCUT2D eigenvalue weighted by molar-refractivity contribution is 8.00. The predicted octanol–water partition coefficient (Wildman–Crippen LogP) is 4.43. The Hall–Kier alpha value is -2.51. The first-order valence-electron chi connectivity index (χ1n) is 9.14. The molecule has 2 unspecified atom stereocenters. The summed E-state index contributed by atoms with van der Waals surface area (Å²) in [6.07, 6.45) is 0.0493. The molecule has 0 radical (unpaired) electrons. The molecular weight excluding hydrogens is 410 g/mol. The summed E-state index contributed by atoms with van der Waals surface area (Å²) in [5.41, 5.74) is 2.67. The van der Waals surface area contributed by atoms with Crippen molar-refractivity contribution in [1.82, 2.24) is 15.3 Å². The van der Waals surface area contributed by atoms with Gasteiger partial charge in [0.05, 0.1) is 41.6 Å². The fourth-order valence-electron chi connectivity index (χ4n) is 2.88. The molecule has 0 saturated heterocycles. The maximum atomic E-state index is 12.5. The molecule has 29 heavy (non-hydrogen) atoms. The Bertz CT molecular complexity index is 957. The number of rotatable bonds is 8. The first-order valence-corrected chi connectivity index (χ1v) is 10.6. The number of nitrogens with zero attached hydrogens (tertiary/aromatic N) is 1. The summed E-state index contributed by atoms with van der Waals surface area (Å²) in [5.74, 6) is 0.506. The third kappa shape index (κ3) is 5.74. The number of methoxy groups -OCH3 is 1. The number of para-hydroxylation sites is 2. The molecule has 3 rings (SSSR count). The minimum Gasteiger partial charge on any atom is -0.469 e. The van der Waals surface area contributed by atoms with Crippen LogP contribution in [0.2, 0.25) is 5.02 Å². The van der Waals surface area contributed by atoms with Gasteiger partial charge in [0.2, 0.25) is 5.91 Å². The van der Waals surface area contributed by atoms with Crippen LogP contribution in [0.3, 0.4) is 0 Å². The van der Waals surface area contributed by atoms with Crippen LogP contribution in [0.25, 0.3) is 11.0 Å². The predicted molar refractivity (Wildman–Crippen MR) is 116 cm³/mol. The number of hydrogen-bond acceptors (Lipinski definition) is 5. The van der Waals surface area contributed by atoms with Crippen LogP contribution in [-0.4, -0.2) is 34.7 Å². The van der Waals surface area contributed by atoms with Crippen molar-refractivity contribution in [3.63, 3.8) is 0 Å². The number of nitrogens with one attached hydrogen (secondary N) is 2. The molecule has 0 bridgehead atoms. The summed E-state index contributed by atoms with van der Waals surface area (Å²) >= 11 is 7.41. The lowest BCUT2D eigenvalue weighted by molar-refractivity contribution is -0.141. The summed E-state index contributed by atoms with van der Waals surface area (Å²) in [7, 11) is 1.33. The van der Waals surface area contributed by atoms with Crippen molar-refractivity contribution in [3.8, 4) is 0 Å². The molecule has 2 atom stereocenters. The fraction of sp³-hybridized carbons (Fsp3) is 0.286. The highest BCUT2D eigenvalue weighted by Gasteiger charge is 2.20. The number of H-pyrrole nitrogens is 1. The lowest BCUT2D eigenvalue weighted by atomic mass is 10.0. The maximum Gasteiger partial charge on any atom is 0.307 e. The quantitative estimate of drug-likeness (QED) is 0.515. The standard InChI is InChI=1S/C21H22ClN3O3S/c1-13(21-24-16-5-3-4-6-17(16)25-21)29-12-19(26)23-18(11-20(27)28-2)14-7-9-15(22)10-8-14/h3-10,13,18H,11-12H2,1-2H3,(H,23,26)(H,24,25). The number of amides is 1. The smallest absolute Gasteiger partial charge is 0.307 e. The topological polar surface area (TPSA) is 84.1 Å². The largest absolute Gasteiger partial charge is 0.469 e. The summed E-state index contributed by atoms with van der Waals surface area (Å²) in [6, 6.07) is 14.4. The van der Waals surface area contributed by atoms with E-state index in [1.54, 1.807) is 24.3 Å². The van der Waals surface area contributed by atoms with Crippen LogP contribution in [0.5, 0.6) is 0 Å². The van der Waals surface area contributed by atoms with Gasteiger partial charge in [-0.05, 0) is 36.8 Å². The van der Waals surface area contributed by atoms with Gasteiger partial charge in [0.1, 0.15) is 5.82 Å². The van der Waals surface area contributed by atoms with Crippen molar-refractivity contribution in [2.45, 2.75) is 24.6 Å². The molecule has 0 aliphatic rings. The molecule has 8 heteroatoms. The van der Waals surface area contributed by atoms with Gasteiger partial charge in [0, 0.05) is 5.02 Å². The van der Waals surface area contributed by atoms with Gasteiger partial charge in [0.25, 0.3) is 0 Å². The summed E-state index contributed by atoms with van der Waals surface area (Å²) in [6.45, 7) is 2.00. The van der Waals surface area contributed by atoms with Crippen LogP contribution >= 0.6 is 23.4 Å². The van der Waals surface area contributed by atoms with Crippen LogP contribution in [0.15, 0.2) is 48.5 Å². The van der Waals surface area contributed by atoms with Crippen LogP contribution in [-0.2, 0) is 14.3 Å². The Morgan fingerprint density at radius 3 is 2.62 bits per heavy atom. The van der Waals surface area contributed by atoms with Crippen LogP contribution in [0.1, 0.15) is 36.0 Å². The Morgan fingerprint density at radius 1 is 1.21 bits per heavy atom. The zero-order valence-corrected chi connectivity index (χ0v) is 17.7. The number of aromatic amines is 1. The van der Waals surface area contributed by atoms with E-state index in [-0.39, 0.29) is 23.3 Å². The van der Waals surface area contributed by atoms with Crippen molar-refractivity contribution in [1.29, 1.82) is 0 Å². The monoisotopic (exact) mass is 431 g/mol. The number of esters is 1. The summed E-state index contributed by atoms with van der Waals surface area (Å²) in [4.78, 5) is 32.2. The molecule has 152 valence electrons. The van der Waals surface area contributed by atoms with E-state index in [1.807, 2.05) is 31.2 Å². The van der Waals surface area contributed by atoms with Crippen molar-refractivity contribution in [2.24, 2.45) is 0 Å². The highest BCUT2D eigenvalue weighted by Crippen LogP contribution is 2.28. The van der Waals surface area contributed by atoms with Crippen LogP contribution < -0.4 is 5.32 Å². The SMILES string of the molecule is COC(=O)CC(NC(=O)CSC(C)c1nc2ccccc2[nH]1)c1ccc(Cl)cc1. The van der Waals surface area contributed by atoms with E-state index in [0.717, 1.165) is 22.4 Å². The van der Waals surface area contributed by atoms with E-state index in [0.29, 0.717) is 5.02 Å². The van der Waals surface area contributed by atoms with E-state index in [1.165, 1.54) is 18.9 Å². The molecule has 0 aliphatic carbocycles. The number of ether oxygens (including phenoxy) is 1. The lowest BCUT2D eigenvalue weighted by Gasteiger charge is -2.19. The first-order chi connectivity index (χ1) is 14.0. The molecule has 0 saturated carbocycles. The Labute approximate surface area is 178 Å². The average molecular weight is 432 g/mol. The van der Waals surface area contributed by atoms with Gasteiger partial charge < -0.3 is 15.0 Å². The van der Waals surface area contributed by atoms with Gasteiger partial charge in [-0.15, -0.1) is 11.8 Å². The van der Waals surface area contributed by atoms with Crippen LogP contribution in [0, 0.1) is 0 Å². The average Bonchev–Trinajstić information content (AvgIpc) is 3.16. The summed E-state index contributed by atoms with van der Waals surface area (Å²) in [5, 5.41) is 3.52. The molecular formula is C21H22ClN3O3S. The Kier molecular flexibility index (Phi) is 7.17. The maximum absolute atomic E-state index is 12.5. The van der Waals surface area contributed by atoms with E-state index in [4.69, 9.17) is 16.3 Å². The molecule has 0 aliphatic heterocycles. The third-order valence-corrected chi connectivity index (χ3v) is 5.87. The Morgan fingerprint density at radius 2 is 1.93 bits per heavy atom. The fourth-order valence-corrected chi connectivity index (χ4v) is 3.76. The van der Waals surface area contributed by atoms with Gasteiger partial charge in [-0.1, -0.05) is 35.9 Å². The molecule has 3 aromatic rings. The van der Waals surface area contributed by atoms with Crippen LogP contribution in [0.4, 0.5) is 0 Å². The van der Waals surface area contributed by atoms with E-state index in [9.17, 15) is 9.59 Å². The first kappa shape index (κ1) is 21.2. The number of aromatic nitrogens is 2. The number of imidazole rings is 1. The second-order valence-electron chi connectivity index (χ2n) is 6.54. The number of carbonyl (C=O) groups is 2. The molecule has 1 heterocycles. The van der Waals surface area contributed by atoms with E-state index < -0.39 is 12.0 Å². The second kappa shape index (κ2) is 9.80.